The summed E-state index contributed by atoms with van der Waals surface area (Å²) in [5.41, 5.74) is 0.520. The van der Waals surface area contributed by atoms with Gasteiger partial charge in [0.2, 0.25) is 0 Å². The van der Waals surface area contributed by atoms with E-state index in [9.17, 15) is 9.59 Å². The first-order chi connectivity index (χ1) is 8.15. The number of nitrogens with one attached hydrogen (secondary N) is 2. The minimum absolute atomic E-state index is 0.207. The van der Waals surface area contributed by atoms with Crippen LogP contribution in [0.1, 0.15) is 6.92 Å². The Morgan fingerprint density at radius 1 is 1.35 bits per heavy atom. The molecule has 92 valence electrons. The van der Waals surface area contributed by atoms with E-state index in [1.807, 2.05) is 5.32 Å². The second-order valence-corrected chi connectivity index (χ2v) is 3.03. The van der Waals surface area contributed by atoms with Gasteiger partial charge in [0, 0.05) is 11.8 Å². The van der Waals surface area contributed by atoms with Crippen molar-refractivity contribution in [2.24, 2.45) is 0 Å². The molecule has 0 aliphatic carbocycles. The first kappa shape index (κ1) is 12.8. The fourth-order valence-corrected chi connectivity index (χ4v) is 1.12. The zero-order chi connectivity index (χ0) is 12.7. The number of carbonyl (C=O) groups excluding carboxylic acids is 2. The molecule has 0 spiro atoms. The number of imide groups is 1. The number of hydrogen-bond acceptors (Lipinski definition) is 4. The van der Waals surface area contributed by atoms with E-state index in [0.717, 1.165) is 0 Å². The predicted octanol–water partition coefficient (Wildman–Crippen LogP) is 1.97. The van der Waals surface area contributed by atoms with E-state index < -0.39 is 12.1 Å². The van der Waals surface area contributed by atoms with Gasteiger partial charge in [-0.1, -0.05) is 6.07 Å². The average Bonchev–Trinajstić information content (AvgIpc) is 2.29. The highest BCUT2D eigenvalue weighted by molar-refractivity contribution is 5.98. The van der Waals surface area contributed by atoms with Crippen molar-refractivity contribution in [2.45, 2.75) is 6.92 Å². The molecule has 1 rings (SSSR count). The number of hydrogen-bond donors (Lipinski definition) is 2. The quantitative estimate of drug-likeness (QED) is 0.844. The molecule has 0 unspecified atom stereocenters. The van der Waals surface area contributed by atoms with E-state index >= 15 is 0 Å². The van der Waals surface area contributed by atoms with Crippen LogP contribution in [0.15, 0.2) is 24.3 Å². The maximum atomic E-state index is 11.3. The van der Waals surface area contributed by atoms with Crippen LogP contribution in [0.25, 0.3) is 0 Å². The van der Waals surface area contributed by atoms with Gasteiger partial charge >= 0.3 is 12.1 Å². The molecule has 0 aromatic heterocycles. The number of amides is 3. The first-order valence-electron chi connectivity index (χ1n) is 5.04. The summed E-state index contributed by atoms with van der Waals surface area (Å²) in [6.45, 7) is 1.86. The monoisotopic (exact) mass is 238 g/mol. The van der Waals surface area contributed by atoms with Crippen LogP contribution in [-0.4, -0.2) is 25.8 Å². The highest BCUT2D eigenvalue weighted by Crippen LogP contribution is 2.16. The molecular weight excluding hydrogens is 224 g/mol. The highest BCUT2D eigenvalue weighted by atomic mass is 16.5. The topological polar surface area (TPSA) is 76.7 Å². The molecule has 6 heteroatoms. The van der Waals surface area contributed by atoms with Crippen LogP contribution < -0.4 is 15.4 Å². The van der Waals surface area contributed by atoms with Crippen molar-refractivity contribution in [1.82, 2.24) is 5.32 Å². The maximum Gasteiger partial charge on any atom is 0.415 e. The Hall–Kier alpha value is -2.24. The molecule has 0 radical (unpaired) electrons. The molecule has 0 aliphatic heterocycles. The number of methoxy groups -OCH3 is 1. The third-order valence-electron chi connectivity index (χ3n) is 1.82. The van der Waals surface area contributed by atoms with Crippen LogP contribution in [0.3, 0.4) is 0 Å². The molecule has 17 heavy (non-hydrogen) atoms. The highest BCUT2D eigenvalue weighted by Gasteiger charge is 2.08. The lowest BCUT2D eigenvalue weighted by Crippen LogP contribution is -2.34. The van der Waals surface area contributed by atoms with E-state index in [1.54, 1.807) is 31.2 Å². The molecule has 0 atom stereocenters. The SMILES string of the molecule is CCOC(=O)NC(=O)Nc1cccc(OC)c1. The predicted molar refractivity (Wildman–Crippen MR) is 62.2 cm³/mol. The van der Waals surface area contributed by atoms with E-state index in [-0.39, 0.29) is 6.61 Å². The molecule has 0 heterocycles. The zero-order valence-corrected chi connectivity index (χ0v) is 9.65. The molecular formula is C11H14N2O4. The summed E-state index contributed by atoms with van der Waals surface area (Å²) in [5.74, 6) is 0.610. The summed E-state index contributed by atoms with van der Waals surface area (Å²) in [4.78, 5) is 22.3. The minimum Gasteiger partial charge on any atom is -0.497 e. The standard InChI is InChI=1S/C11H14N2O4/c1-3-17-11(15)13-10(14)12-8-5-4-6-9(7-8)16-2/h4-7H,3H2,1-2H3,(H2,12,13,14,15). The third-order valence-corrected chi connectivity index (χ3v) is 1.82. The zero-order valence-electron chi connectivity index (χ0n) is 9.65. The van der Waals surface area contributed by atoms with Gasteiger partial charge in [-0.15, -0.1) is 0 Å². The van der Waals surface area contributed by atoms with Gasteiger partial charge in [-0.25, -0.2) is 14.9 Å². The molecule has 0 saturated heterocycles. The second-order valence-electron chi connectivity index (χ2n) is 3.03. The number of urea groups is 1. The third kappa shape index (κ3) is 4.42. The van der Waals surface area contributed by atoms with Gasteiger partial charge in [-0.3, -0.25) is 0 Å². The van der Waals surface area contributed by atoms with Crippen LogP contribution in [0.2, 0.25) is 0 Å². The van der Waals surface area contributed by atoms with Crippen molar-refractivity contribution < 1.29 is 19.1 Å². The Balaban J connectivity index is 2.52. The number of benzene rings is 1. The molecule has 2 N–H and O–H groups in total. The summed E-state index contributed by atoms with van der Waals surface area (Å²) < 4.78 is 9.55. The normalized spacial score (nSPS) is 9.29. The fraction of sp³-hybridized carbons (Fsp3) is 0.273. The van der Waals surface area contributed by atoms with Gasteiger partial charge in [0.1, 0.15) is 5.75 Å². The first-order valence-corrected chi connectivity index (χ1v) is 5.04. The number of anilines is 1. The van der Waals surface area contributed by atoms with Crippen LogP contribution in [0.5, 0.6) is 5.75 Å². The number of ether oxygens (including phenoxy) is 2. The molecule has 0 bridgehead atoms. The van der Waals surface area contributed by atoms with Crippen molar-refractivity contribution in [3.63, 3.8) is 0 Å². The van der Waals surface area contributed by atoms with Crippen molar-refractivity contribution >= 4 is 17.8 Å². The maximum absolute atomic E-state index is 11.3. The molecule has 0 fully saturated rings. The van der Waals surface area contributed by atoms with Crippen LogP contribution in [-0.2, 0) is 4.74 Å². The lowest BCUT2D eigenvalue weighted by atomic mass is 10.3. The van der Waals surface area contributed by atoms with Gasteiger partial charge in [0.15, 0.2) is 0 Å². The molecule has 1 aromatic rings. The summed E-state index contributed by atoms with van der Waals surface area (Å²) >= 11 is 0. The molecule has 3 amide bonds. The Labute approximate surface area is 98.9 Å². The van der Waals surface area contributed by atoms with Crippen LogP contribution >= 0.6 is 0 Å². The summed E-state index contributed by atoms with van der Waals surface area (Å²) in [5, 5.41) is 4.49. The van der Waals surface area contributed by atoms with Crippen molar-refractivity contribution in [3.8, 4) is 5.75 Å². The summed E-state index contributed by atoms with van der Waals surface area (Å²) in [6.07, 6.45) is -0.784. The van der Waals surface area contributed by atoms with Gasteiger partial charge in [0.25, 0.3) is 0 Å². The summed E-state index contributed by atoms with van der Waals surface area (Å²) in [6, 6.07) is 6.11. The van der Waals surface area contributed by atoms with E-state index in [4.69, 9.17) is 4.74 Å². The molecule has 6 nitrogen and oxygen atoms in total. The second kappa shape index (κ2) is 6.37. The molecule has 0 aliphatic rings. The van der Waals surface area contributed by atoms with E-state index in [2.05, 4.69) is 10.1 Å². The Morgan fingerprint density at radius 2 is 2.12 bits per heavy atom. The Morgan fingerprint density at radius 3 is 2.76 bits per heavy atom. The van der Waals surface area contributed by atoms with E-state index in [0.29, 0.717) is 11.4 Å². The largest absolute Gasteiger partial charge is 0.497 e. The lowest BCUT2D eigenvalue weighted by molar-refractivity contribution is 0.154. The smallest absolute Gasteiger partial charge is 0.415 e. The van der Waals surface area contributed by atoms with Gasteiger partial charge in [0.05, 0.1) is 13.7 Å². The van der Waals surface area contributed by atoms with E-state index in [1.165, 1.54) is 7.11 Å². The molecule has 0 saturated carbocycles. The lowest BCUT2D eigenvalue weighted by Gasteiger charge is -2.07. The van der Waals surface area contributed by atoms with Crippen molar-refractivity contribution in [1.29, 1.82) is 0 Å². The van der Waals surface area contributed by atoms with Crippen molar-refractivity contribution in [2.75, 3.05) is 19.0 Å². The fourth-order valence-electron chi connectivity index (χ4n) is 1.12. The van der Waals surface area contributed by atoms with Gasteiger partial charge in [-0.05, 0) is 19.1 Å². The van der Waals surface area contributed by atoms with Crippen LogP contribution in [0, 0.1) is 0 Å². The van der Waals surface area contributed by atoms with Crippen molar-refractivity contribution in [3.05, 3.63) is 24.3 Å². The van der Waals surface area contributed by atoms with Gasteiger partial charge < -0.3 is 14.8 Å². The molecule has 1 aromatic carbocycles. The number of alkyl carbamates (subject to hydrolysis) is 1. The number of rotatable bonds is 3. The number of carbonyl (C=O) groups is 2. The minimum atomic E-state index is -0.784. The Kier molecular flexibility index (Phi) is 4.80. The Bertz CT molecular complexity index is 406. The average molecular weight is 238 g/mol. The van der Waals surface area contributed by atoms with Gasteiger partial charge in [-0.2, -0.15) is 0 Å². The summed E-state index contributed by atoms with van der Waals surface area (Å²) in [7, 11) is 1.53. The van der Waals surface area contributed by atoms with Crippen LogP contribution in [0.4, 0.5) is 15.3 Å².